The van der Waals surface area contributed by atoms with Crippen LogP contribution in [0.5, 0.6) is 0 Å². The summed E-state index contributed by atoms with van der Waals surface area (Å²) in [7, 11) is 0. The van der Waals surface area contributed by atoms with Gasteiger partial charge in [0.25, 0.3) is 11.5 Å². The lowest BCUT2D eigenvalue weighted by atomic mass is 10.1. The van der Waals surface area contributed by atoms with Crippen molar-refractivity contribution in [1.82, 2.24) is 9.97 Å². The van der Waals surface area contributed by atoms with Gasteiger partial charge in [0.15, 0.2) is 0 Å². The average molecular weight is 273 g/mol. The van der Waals surface area contributed by atoms with E-state index in [9.17, 15) is 14.4 Å². The number of carboxylic acid groups (broad SMARTS) is 1. The van der Waals surface area contributed by atoms with Crippen LogP contribution in [0.25, 0.3) is 0 Å². The van der Waals surface area contributed by atoms with Crippen LogP contribution in [-0.2, 0) is 11.2 Å². The third kappa shape index (κ3) is 3.52. The second-order valence-corrected chi connectivity index (χ2v) is 4.02. The molecule has 1 heterocycles. The van der Waals surface area contributed by atoms with E-state index < -0.39 is 17.4 Å². The minimum absolute atomic E-state index is 0.0632. The van der Waals surface area contributed by atoms with E-state index in [1.807, 2.05) is 0 Å². The summed E-state index contributed by atoms with van der Waals surface area (Å²) in [6.45, 7) is 0. The summed E-state index contributed by atoms with van der Waals surface area (Å²) in [5.41, 5.74) is 0.699. The van der Waals surface area contributed by atoms with Gasteiger partial charge in [-0.2, -0.15) is 0 Å². The van der Waals surface area contributed by atoms with Crippen molar-refractivity contribution in [3.05, 3.63) is 58.3 Å². The average Bonchev–Trinajstić information content (AvgIpc) is 2.39. The number of H-pyrrole nitrogens is 1. The summed E-state index contributed by atoms with van der Waals surface area (Å²) in [5, 5.41) is 11.3. The van der Waals surface area contributed by atoms with E-state index in [-0.39, 0.29) is 12.1 Å². The number of aromatic amines is 1. The SMILES string of the molecule is O=C(O)Cc1cccc(NC(=O)c2c[nH]c(=O)cn2)c1. The first-order valence-corrected chi connectivity index (χ1v) is 5.71. The van der Waals surface area contributed by atoms with Crippen LogP contribution in [0.1, 0.15) is 16.1 Å². The van der Waals surface area contributed by atoms with Crippen molar-refractivity contribution in [1.29, 1.82) is 0 Å². The van der Waals surface area contributed by atoms with Crippen LogP contribution < -0.4 is 10.9 Å². The number of nitrogens with one attached hydrogen (secondary N) is 2. The maximum absolute atomic E-state index is 11.8. The van der Waals surface area contributed by atoms with Crippen LogP contribution in [-0.4, -0.2) is 27.0 Å². The first-order chi connectivity index (χ1) is 9.54. The quantitative estimate of drug-likeness (QED) is 0.757. The molecule has 0 spiro atoms. The molecule has 0 fully saturated rings. The van der Waals surface area contributed by atoms with Crippen molar-refractivity contribution in [2.75, 3.05) is 5.32 Å². The van der Waals surface area contributed by atoms with E-state index >= 15 is 0 Å². The summed E-state index contributed by atoms with van der Waals surface area (Å²) in [5.74, 6) is -1.44. The van der Waals surface area contributed by atoms with Gasteiger partial charge in [0.2, 0.25) is 0 Å². The summed E-state index contributed by atoms with van der Waals surface area (Å²) < 4.78 is 0. The van der Waals surface area contributed by atoms with Gasteiger partial charge in [-0.15, -0.1) is 0 Å². The number of aromatic nitrogens is 2. The summed E-state index contributed by atoms with van der Waals surface area (Å²) in [4.78, 5) is 39.4. The Labute approximate surface area is 113 Å². The van der Waals surface area contributed by atoms with E-state index in [0.29, 0.717) is 11.3 Å². The fourth-order valence-electron chi connectivity index (χ4n) is 1.60. The van der Waals surface area contributed by atoms with Crippen molar-refractivity contribution in [2.45, 2.75) is 6.42 Å². The molecule has 1 aromatic carbocycles. The number of hydrogen-bond acceptors (Lipinski definition) is 4. The highest BCUT2D eigenvalue weighted by atomic mass is 16.4. The molecule has 0 aliphatic carbocycles. The number of benzene rings is 1. The summed E-state index contributed by atoms with van der Waals surface area (Å²) in [6, 6.07) is 6.50. The zero-order valence-electron chi connectivity index (χ0n) is 10.3. The normalized spacial score (nSPS) is 10.0. The van der Waals surface area contributed by atoms with Crippen molar-refractivity contribution < 1.29 is 14.7 Å². The molecule has 0 aliphatic heterocycles. The predicted octanol–water partition coefficient (Wildman–Crippen LogP) is 0.649. The van der Waals surface area contributed by atoms with E-state index in [0.717, 1.165) is 6.20 Å². The molecule has 7 heteroatoms. The molecule has 0 saturated carbocycles. The van der Waals surface area contributed by atoms with Crippen LogP contribution in [0.3, 0.4) is 0 Å². The number of rotatable bonds is 4. The smallest absolute Gasteiger partial charge is 0.307 e. The van der Waals surface area contributed by atoms with Gasteiger partial charge < -0.3 is 15.4 Å². The van der Waals surface area contributed by atoms with Crippen LogP contribution in [0.2, 0.25) is 0 Å². The zero-order chi connectivity index (χ0) is 14.5. The monoisotopic (exact) mass is 273 g/mol. The Balaban J connectivity index is 2.13. The topological polar surface area (TPSA) is 112 Å². The molecule has 0 radical (unpaired) electrons. The molecular weight excluding hydrogens is 262 g/mol. The van der Waals surface area contributed by atoms with Gasteiger partial charge >= 0.3 is 5.97 Å². The number of anilines is 1. The molecule has 2 aromatic rings. The van der Waals surface area contributed by atoms with E-state index in [1.165, 1.54) is 6.20 Å². The van der Waals surface area contributed by atoms with Crippen molar-refractivity contribution in [3.8, 4) is 0 Å². The molecule has 1 amide bonds. The minimum Gasteiger partial charge on any atom is -0.481 e. The number of carbonyl (C=O) groups excluding carboxylic acids is 1. The molecular formula is C13H11N3O4. The van der Waals surface area contributed by atoms with Gasteiger partial charge in [0, 0.05) is 11.9 Å². The second-order valence-electron chi connectivity index (χ2n) is 4.02. The predicted molar refractivity (Wildman–Crippen MR) is 70.6 cm³/mol. The highest BCUT2D eigenvalue weighted by molar-refractivity contribution is 6.02. The second kappa shape index (κ2) is 5.79. The maximum atomic E-state index is 11.8. The number of amides is 1. The molecule has 0 unspecified atom stereocenters. The third-order valence-electron chi connectivity index (χ3n) is 2.44. The van der Waals surface area contributed by atoms with Crippen molar-refractivity contribution in [2.24, 2.45) is 0 Å². The molecule has 1 aromatic heterocycles. The Bertz CT molecular complexity index is 688. The fraction of sp³-hybridized carbons (Fsp3) is 0.0769. The molecule has 0 aliphatic rings. The largest absolute Gasteiger partial charge is 0.481 e. The van der Waals surface area contributed by atoms with Crippen molar-refractivity contribution in [3.63, 3.8) is 0 Å². The number of carbonyl (C=O) groups is 2. The van der Waals surface area contributed by atoms with Gasteiger partial charge in [-0.25, -0.2) is 4.98 Å². The molecule has 7 nitrogen and oxygen atoms in total. The summed E-state index contributed by atoms with van der Waals surface area (Å²) in [6.07, 6.45) is 2.09. The van der Waals surface area contributed by atoms with Gasteiger partial charge in [-0.05, 0) is 17.7 Å². The number of carboxylic acids is 1. The molecule has 0 atom stereocenters. The summed E-state index contributed by atoms with van der Waals surface area (Å²) >= 11 is 0. The van der Waals surface area contributed by atoms with E-state index in [4.69, 9.17) is 5.11 Å². The van der Waals surface area contributed by atoms with Crippen LogP contribution >= 0.6 is 0 Å². The van der Waals surface area contributed by atoms with E-state index in [1.54, 1.807) is 24.3 Å². The standard InChI is InChI=1S/C13H11N3O4/c17-11-7-14-10(6-15-11)13(20)16-9-3-1-2-8(4-9)5-12(18)19/h1-4,6-7H,5H2,(H,15,17)(H,16,20)(H,18,19). The molecule has 3 N–H and O–H groups in total. The Hall–Kier alpha value is -2.96. The van der Waals surface area contributed by atoms with Gasteiger partial charge in [-0.3, -0.25) is 14.4 Å². The third-order valence-corrected chi connectivity index (χ3v) is 2.44. The molecule has 2 rings (SSSR count). The lowest BCUT2D eigenvalue weighted by Crippen LogP contribution is -2.17. The van der Waals surface area contributed by atoms with Gasteiger partial charge in [0.1, 0.15) is 5.69 Å². The Morgan fingerprint density at radius 2 is 2.15 bits per heavy atom. The minimum atomic E-state index is -0.948. The fourth-order valence-corrected chi connectivity index (χ4v) is 1.60. The lowest BCUT2D eigenvalue weighted by molar-refractivity contribution is -0.136. The van der Waals surface area contributed by atoms with Crippen LogP contribution in [0, 0.1) is 0 Å². The molecule has 0 bridgehead atoms. The number of hydrogen-bond donors (Lipinski definition) is 3. The van der Waals surface area contributed by atoms with Crippen LogP contribution in [0.15, 0.2) is 41.5 Å². The molecule has 0 saturated heterocycles. The van der Waals surface area contributed by atoms with Crippen LogP contribution in [0.4, 0.5) is 5.69 Å². The van der Waals surface area contributed by atoms with Gasteiger partial charge in [0.05, 0.1) is 12.6 Å². The Morgan fingerprint density at radius 3 is 2.80 bits per heavy atom. The van der Waals surface area contributed by atoms with E-state index in [2.05, 4.69) is 15.3 Å². The van der Waals surface area contributed by atoms with Crippen molar-refractivity contribution >= 4 is 17.6 Å². The first kappa shape index (κ1) is 13.5. The first-order valence-electron chi connectivity index (χ1n) is 5.71. The highest BCUT2D eigenvalue weighted by Crippen LogP contribution is 2.12. The molecule has 102 valence electrons. The maximum Gasteiger partial charge on any atom is 0.307 e. The lowest BCUT2D eigenvalue weighted by Gasteiger charge is -2.05. The van der Waals surface area contributed by atoms with Gasteiger partial charge in [-0.1, -0.05) is 12.1 Å². The number of nitrogens with zero attached hydrogens (tertiary/aromatic N) is 1. The Kier molecular flexibility index (Phi) is 3.90. The highest BCUT2D eigenvalue weighted by Gasteiger charge is 2.08. The number of aliphatic carboxylic acids is 1. The Morgan fingerprint density at radius 1 is 1.35 bits per heavy atom. The zero-order valence-corrected chi connectivity index (χ0v) is 10.3. The molecule has 20 heavy (non-hydrogen) atoms.